The summed E-state index contributed by atoms with van der Waals surface area (Å²) in [6.07, 6.45) is -0.409. The molecule has 8 nitrogen and oxygen atoms in total. The second-order valence-corrected chi connectivity index (χ2v) is 5.27. The monoisotopic (exact) mass is 288 g/mol. The largest absolute Gasteiger partial charge is 0.481 e. The Morgan fingerprint density at radius 2 is 1.95 bits per heavy atom. The molecule has 8 heteroatoms. The van der Waals surface area contributed by atoms with Gasteiger partial charge in [0.05, 0.1) is 12.0 Å². The number of rotatable bonds is 7. The van der Waals surface area contributed by atoms with Crippen LogP contribution in [0.15, 0.2) is 0 Å². The number of carbonyl (C=O) groups excluding carboxylic acids is 1. The Morgan fingerprint density at radius 3 is 2.55 bits per heavy atom. The lowest BCUT2D eigenvalue weighted by Gasteiger charge is -2.27. The average molecular weight is 288 g/mol. The summed E-state index contributed by atoms with van der Waals surface area (Å²) in [4.78, 5) is 24.3. The Balaban J connectivity index is 2.12. The van der Waals surface area contributed by atoms with Crippen molar-refractivity contribution < 1.29 is 19.8 Å². The van der Waals surface area contributed by atoms with Gasteiger partial charge in [-0.1, -0.05) is 0 Å². The molecule has 1 fully saturated rings. The van der Waals surface area contributed by atoms with Gasteiger partial charge in [-0.3, -0.25) is 9.69 Å². The first-order chi connectivity index (χ1) is 9.39. The molecule has 1 unspecified atom stereocenters. The van der Waals surface area contributed by atoms with E-state index >= 15 is 0 Å². The van der Waals surface area contributed by atoms with E-state index < -0.39 is 24.0 Å². The Morgan fingerprint density at radius 1 is 1.30 bits per heavy atom. The topological polar surface area (TPSA) is 114 Å². The number of urea groups is 1. The van der Waals surface area contributed by atoms with E-state index in [2.05, 4.69) is 20.9 Å². The van der Waals surface area contributed by atoms with E-state index in [1.54, 1.807) is 0 Å². The van der Waals surface area contributed by atoms with Crippen molar-refractivity contribution in [2.75, 3.05) is 45.8 Å². The third kappa shape index (κ3) is 7.27. The molecule has 5 N–H and O–H groups in total. The molecule has 1 atom stereocenters. The number of carbonyl (C=O) groups is 2. The second-order valence-electron chi connectivity index (χ2n) is 5.27. The van der Waals surface area contributed by atoms with E-state index in [1.165, 1.54) is 6.92 Å². The number of nitrogens with one attached hydrogen (secondary N) is 3. The van der Waals surface area contributed by atoms with Crippen LogP contribution in [0.4, 0.5) is 4.79 Å². The van der Waals surface area contributed by atoms with Gasteiger partial charge >= 0.3 is 12.0 Å². The van der Waals surface area contributed by atoms with Crippen LogP contribution in [-0.4, -0.2) is 78.5 Å². The second kappa shape index (κ2) is 8.03. The van der Waals surface area contributed by atoms with Crippen molar-refractivity contribution in [2.24, 2.45) is 0 Å². The van der Waals surface area contributed by atoms with Crippen molar-refractivity contribution in [3.05, 3.63) is 0 Å². The smallest absolute Gasteiger partial charge is 0.314 e. The number of carboxylic acid groups (broad SMARTS) is 1. The molecule has 0 radical (unpaired) electrons. The Labute approximate surface area is 118 Å². The van der Waals surface area contributed by atoms with Crippen molar-refractivity contribution in [3.63, 3.8) is 0 Å². The van der Waals surface area contributed by atoms with E-state index in [9.17, 15) is 14.7 Å². The fourth-order valence-electron chi connectivity index (χ4n) is 1.98. The molecule has 1 aliphatic heterocycles. The van der Waals surface area contributed by atoms with Crippen LogP contribution in [-0.2, 0) is 4.79 Å². The van der Waals surface area contributed by atoms with Gasteiger partial charge in [-0.15, -0.1) is 0 Å². The van der Waals surface area contributed by atoms with E-state index in [0.717, 1.165) is 32.7 Å². The molecule has 20 heavy (non-hydrogen) atoms. The predicted octanol–water partition coefficient (Wildman–Crippen LogP) is -1.58. The minimum Gasteiger partial charge on any atom is -0.481 e. The summed E-state index contributed by atoms with van der Waals surface area (Å²) in [5, 5.41) is 26.7. The SMILES string of the molecule is CC(O)(CNC(=O)NCCN1CCNCC1)CC(=O)O. The molecule has 0 bridgehead atoms. The average Bonchev–Trinajstić information content (AvgIpc) is 2.36. The molecule has 0 aliphatic carbocycles. The van der Waals surface area contributed by atoms with Crippen molar-refractivity contribution in [1.82, 2.24) is 20.9 Å². The molecule has 1 saturated heterocycles. The minimum absolute atomic E-state index is 0.0984. The van der Waals surface area contributed by atoms with Gasteiger partial charge in [0.1, 0.15) is 0 Å². The number of hydrogen-bond donors (Lipinski definition) is 5. The highest BCUT2D eigenvalue weighted by Gasteiger charge is 2.24. The van der Waals surface area contributed by atoms with Gasteiger partial charge in [0.25, 0.3) is 0 Å². The third-order valence-electron chi connectivity index (χ3n) is 3.09. The number of piperazine rings is 1. The van der Waals surface area contributed by atoms with Gasteiger partial charge in [-0.2, -0.15) is 0 Å². The van der Waals surface area contributed by atoms with Gasteiger partial charge in [0, 0.05) is 45.8 Å². The van der Waals surface area contributed by atoms with Crippen LogP contribution in [0.1, 0.15) is 13.3 Å². The number of nitrogens with zero attached hydrogens (tertiary/aromatic N) is 1. The van der Waals surface area contributed by atoms with Crippen LogP contribution in [0.2, 0.25) is 0 Å². The maximum absolute atomic E-state index is 11.5. The number of hydrogen-bond acceptors (Lipinski definition) is 5. The van der Waals surface area contributed by atoms with E-state index in [0.29, 0.717) is 6.54 Å². The molecular formula is C12H24N4O4. The Bertz CT molecular complexity index is 329. The van der Waals surface area contributed by atoms with Crippen molar-refractivity contribution >= 4 is 12.0 Å². The van der Waals surface area contributed by atoms with E-state index in [4.69, 9.17) is 5.11 Å². The van der Waals surface area contributed by atoms with Crippen LogP contribution in [0.5, 0.6) is 0 Å². The lowest BCUT2D eigenvalue weighted by Crippen LogP contribution is -2.49. The zero-order valence-electron chi connectivity index (χ0n) is 11.8. The lowest BCUT2D eigenvalue weighted by atomic mass is 10.0. The summed E-state index contributed by atoms with van der Waals surface area (Å²) in [5.74, 6) is -1.10. The summed E-state index contributed by atoms with van der Waals surface area (Å²) in [5.41, 5.74) is -1.44. The third-order valence-corrected chi connectivity index (χ3v) is 3.09. The van der Waals surface area contributed by atoms with Crippen LogP contribution >= 0.6 is 0 Å². The predicted molar refractivity (Wildman–Crippen MR) is 73.6 cm³/mol. The van der Waals surface area contributed by atoms with Gasteiger partial charge in [0.2, 0.25) is 0 Å². The summed E-state index contributed by atoms with van der Waals surface area (Å²) in [6.45, 7) is 6.44. The molecule has 1 aliphatic rings. The zero-order valence-corrected chi connectivity index (χ0v) is 11.8. The molecule has 116 valence electrons. The fraction of sp³-hybridized carbons (Fsp3) is 0.833. The number of amides is 2. The minimum atomic E-state index is -1.44. The molecule has 0 aromatic carbocycles. The summed E-state index contributed by atoms with van der Waals surface area (Å²) < 4.78 is 0. The first kappa shape index (κ1) is 16.7. The van der Waals surface area contributed by atoms with Crippen LogP contribution in [0.3, 0.4) is 0 Å². The molecule has 2 amide bonds. The molecule has 1 rings (SSSR count). The number of aliphatic hydroxyl groups is 1. The van der Waals surface area contributed by atoms with Gasteiger partial charge in [0.15, 0.2) is 0 Å². The maximum atomic E-state index is 11.5. The normalized spacial score (nSPS) is 19.1. The van der Waals surface area contributed by atoms with Crippen molar-refractivity contribution in [2.45, 2.75) is 18.9 Å². The Hall–Kier alpha value is -1.38. The molecule has 0 aromatic rings. The number of aliphatic carboxylic acids is 1. The number of carboxylic acids is 1. The molecule has 0 aromatic heterocycles. The fourth-order valence-corrected chi connectivity index (χ4v) is 1.98. The van der Waals surface area contributed by atoms with Crippen LogP contribution < -0.4 is 16.0 Å². The van der Waals surface area contributed by atoms with E-state index in [-0.39, 0.29) is 6.54 Å². The standard InChI is InChI=1S/C12H24N4O4/c1-12(20,8-10(17)18)9-15-11(19)14-4-7-16-5-2-13-3-6-16/h13,20H,2-9H2,1H3,(H,17,18)(H2,14,15,19). The quantitative estimate of drug-likeness (QED) is 0.386. The first-order valence-electron chi connectivity index (χ1n) is 6.78. The van der Waals surface area contributed by atoms with Gasteiger partial charge < -0.3 is 26.2 Å². The summed E-state index contributed by atoms with van der Waals surface area (Å²) in [6, 6.07) is -0.397. The van der Waals surface area contributed by atoms with Crippen LogP contribution in [0.25, 0.3) is 0 Å². The van der Waals surface area contributed by atoms with Crippen molar-refractivity contribution in [3.8, 4) is 0 Å². The van der Waals surface area contributed by atoms with Gasteiger partial charge in [-0.05, 0) is 6.92 Å². The Kier molecular flexibility index (Phi) is 6.69. The summed E-state index contributed by atoms with van der Waals surface area (Å²) in [7, 11) is 0. The molecular weight excluding hydrogens is 264 g/mol. The zero-order chi connectivity index (χ0) is 15.0. The highest BCUT2D eigenvalue weighted by atomic mass is 16.4. The molecule has 0 spiro atoms. The van der Waals surface area contributed by atoms with Crippen molar-refractivity contribution in [1.29, 1.82) is 0 Å². The molecule has 0 saturated carbocycles. The lowest BCUT2D eigenvalue weighted by molar-refractivity contribution is -0.141. The molecule has 1 heterocycles. The van der Waals surface area contributed by atoms with Gasteiger partial charge in [-0.25, -0.2) is 4.79 Å². The maximum Gasteiger partial charge on any atom is 0.314 e. The van der Waals surface area contributed by atoms with Crippen LogP contribution in [0, 0.1) is 0 Å². The first-order valence-corrected chi connectivity index (χ1v) is 6.78. The highest BCUT2D eigenvalue weighted by molar-refractivity contribution is 5.74. The summed E-state index contributed by atoms with van der Waals surface area (Å²) >= 11 is 0. The van der Waals surface area contributed by atoms with E-state index in [1.807, 2.05) is 0 Å². The highest BCUT2D eigenvalue weighted by Crippen LogP contribution is 2.06.